The molecule has 0 radical (unpaired) electrons. The Morgan fingerprint density at radius 1 is 1.47 bits per heavy atom. The summed E-state index contributed by atoms with van der Waals surface area (Å²) >= 11 is 0. The molecule has 0 aromatic carbocycles. The molecule has 0 unspecified atom stereocenters. The number of esters is 1. The van der Waals surface area contributed by atoms with Gasteiger partial charge in [0, 0.05) is 20.2 Å². The number of nitrogens with zero attached hydrogens (tertiary/aromatic N) is 3. The van der Waals surface area contributed by atoms with Crippen LogP contribution in [0.4, 0.5) is 0 Å². The number of aromatic nitrogens is 2. The molecule has 17 heavy (non-hydrogen) atoms. The second kappa shape index (κ2) is 5.93. The van der Waals surface area contributed by atoms with Crippen molar-refractivity contribution in [3.63, 3.8) is 0 Å². The van der Waals surface area contributed by atoms with Crippen molar-refractivity contribution >= 4 is 11.9 Å². The molecule has 6 heteroatoms. The molecule has 1 rings (SSSR count). The van der Waals surface area contributed by atoms with Gasteiger partial charge in [-0.15, -0.1) is 0 Å². The maximum atomic E-state index is 11.6. The molecule has 0 saturated heterocycles. The quantitative estimate of drug-likeness (QED) is 0.530. The minimum Gasteiger partial charge on any atom is -0.469 e. The maximum Gasteiger partial charge on any atom is 0.312 e. The Labute approximate surface area is 99.8 Å². The van der Waals surface area contributed by atoms with Gasteiger partial charge in [-0.2, -0.15) is 0 Å². The van der Waals surface area contributed by atoms with E-state index in [-0.39, 0.29) is 18.3 Å². The number of rotatable bonds is 4. The monoisotopic (exact) mass is 238 g/mol. The minimum atomic E-state index is -0.284. The third-order valence-corrected chi connectivity index (χ3v) is 2.20. The number of aryl methyl sites for hydroxylation is 1. The molecule has 0 aliphatic carbocycles. The summed E-state index contributed by atoms with van der Waals surface area (Å²) in [5.41, 5.74) is 0.518. The van der Waals surface area contributed by atoms with Gasteiger partial charge in [-0.1, -0.05) is 4.68 Å². The van der Waals surface area contributed by atoms with Crippen LogP contribution >= 0.6 is 0 Å². The topological polar surface area (TPSA) is 63.4 Å². The maximum absolute atomic E-state index is 11.6. The van der Waals surface area contributed by atoms with Gasteiger partial charge < -0.3 is 9.64 Å². The summed E-state index contributed by atoms with van der Waals surface area (Å²) in [6, 6.07) is 1.67. The van der Waals surface area contributed by atoms with E-state index < -0.39 is 0 Å². The Morgan fingerprint density at radius 3 is 2.65 bits per heavy atom. The van der Waals surface area contributed by atoms with Crippen molar-refractivity contribution in [2.45, 2.75) is 13.0 Å². The van der Waals surface area contributed by atoms with Gasteiger partial charge in [0.2, 0.25) is 0 Å². The fourth-order valence-electron chi connectivity index (χ4n) is 1.21. The summed E-state index contributed by atoms with van der Waals surface area (Å²) < 4.78 is 6.11. The average molecular weight is 238 g/mol. The SMILES string of the molecule is COC(=O)CC[n+]1ccc(C(=O)N(C)C)cn1. The standard InChI is InChI=1S/C11H16N3O3/c1-13(2)11(16)9-4-6-14(12-8-9)7-5-10(15)17-3/h4,6,8H,5,7H2,1-3H3/q+1. The van der Waals surface area contributed by atoms with Crippen LogP contribution in [0.1, 0.15) is 16.8 Å². The summed E-state index contributed by atoms with van der Waals surface area (Å²) in [4.78, 5) is 24.0. The van der Waals surface area contributed by atoms with Gasteiger partial charge in [-0.05, 0) is 5.10 Å². The third kappa shape index (κ3) is 3.82. The molecule has 0 aliphatic heterocycles. The first-order chi connectivity index (χ1) is 8.04. The van der Waals surface area contributed by atoms with Crippen molar-refractivity contribution in [1.29, 1.82) is 0 Å². The average Bonchev–Trinajstić information content (AvgIpc) is 2.35. The van der Waals surface area contributed by atoms with E-state index in [0.717, 1.165) is 0 Å². The zero-order valence-electron chi connectivity index (χ0n) is 10.2. The predicted octanol–water partition coefficient (Wildman–Crippen LogP) is -0.366. The van der Waals surface area contributed by atoms with E-state index in [4.69, 9.17) is 0 Å². The lowest BCUT2D eigenvalue weighted by Crippen LogP contribution is -2.39. The highest BCUT2D eigenvalue weighted by molar-refractivity contribution is 5.93. The van der Waals surface area contributed by atoms with Crippen LogP contribution in [0.15, 0.2) is 18.5 Å². The summed E-state index contributed by atoms with van der Waals surface area (Å²) in [5.74, 6) is -0.384. The summed E-state index contributed by atoms with van der Waals surface area (Å²) in [5, 5.41) is 4.05. The van der Waals surface area contributed by atoms with Gasteiger partial charge in [0.1, 0.15) is 12.6 Å². The molecule has 0 atom stereocenters. The number of amides is 1. The molecule has 1 heterocycles. The molecular formula is C11H16N3O3+. The smallest absolute Gasteiger partial charge is 0.312 e. The first-order valence-electron chi connectivity index (χ1n) is 5.19. The summed E-state index contributed by atoms with van der Waals surface area (Å²) in [6.45, 7) is 0.434. The van der Waals surface area contributed by atoms with Crippen molar-refractivity contribution in [3.05, 3.63) is 24.0 Å². The Hall–Kier alpha value is -1.98. The Morgan fingerprint density at radius 2 is 2.18 bits per heavy atom. The van der Waals surface area contributed by atoms with Crippen molar-refractivity contribution in [3.8, 4) is 0 Å². The predicted molar refractivity (Wildman–Crippen MR) is 59.1 cm³/mol. The third-order valence-electron chi connectivity index (χ3n) is 2.20. The summed E-state index contributed by atoms with van der Waals surface area (Å²) in [7, 11) is 4.71. The van der Waals surface area contributed by atoms with Crippen molar-refractivity contribution in [2.75, 3.05) is 21.2 Å². The zero-order chi connectivity index (χ0) is 12.8. The van der Waals surface area contributed by atoms with Gasteiger partial charge in [-0.25, -0.2) is 0 Å². The normalized spacial score (nSPS) is 9.82. The fraction of sp³-hybridized carbons (Fsp3) is 0.455. The molecule has 1 aromatic heterocycles. The molecule has 1 aromatic rings. The number of ether oxygens (including phenoxy) is 1. The lowest BCUT2D eigenvalue weighted by atomic mass is 10.3. The Balaban J connectivity index is 2.62. The molecule has 92 valence electrons. The molecule has 0 N–H and O–H groups in total. The second-order valence-corrected chi connectivity index (χ2v) is 3.70. The van der Waals surface area contributed by atoms with Gasteiger partial charge in [-0.3, -0.25) is 9.59 Å². The van der Waals surface area contributed by atoms with Crippen LogP contribution in [0.2, 0.25) is 0 Å². The van der Waals surface area contributed by atoms with Crippen molar-refractivity contribution in [1.82, 2.24) is 10.00 Å². The molecule has 0 aliphatic rings. The number of methoxy groups -OCH3 is 1. The van der Waals surface area contributed by atoms with Crippen LogP contribution in [0.3, 0.4) is 0 Å². The molecule has 0 bridgehead atoms. The van der Waals surface area contributed by atoms with E-state index in [0.29, 0.717) is 12.1 Å². The first-order valence-corrected chi connectivity index (χ1v) is 5.19. The van der Waals surface area contributed by atoms with Gasteiger partial charge in [0.25, 0.3) is 5.91 Å². The molecule has 0 spiro atoms. The number of carbonyl (C=O) groups excluding carboxylic acids is 2. The van der Waals surface area contributed by atoms with E-state index in [1.165, 1.54) is 18.2 Å². The van der Waals surface area contributed by atoms with Gasteiger partial charge >= 0.3 is 5.97 Å². The minimum absolute atomic E-state index is 0.0994. The number of hydrogen-bond acceptors (Lipinski definition) is 4. The highest BCUT2D eigenvalue weighted by Gasteiger charge is 2.12. The molecule has 6 nitrogen and oxygen atoms in total. The van der Waals surface area contributed by atoms with Crippen LogP contribution in [-0.2, 0) is 16.1 Å². The van der Waals surface area contributed by atoms with Crippen LogP contribution < -0.4 is 4.68 Å². The Bertz CT molecular complexity index is 401. The second-order valence-electron chi connectivity index (χ2n) is 3.70. The van der Waals surface area contributed by atoms with E-state index >= 15 is 0 Å². The highest BCUT2D eigenvalue weighted by Crippen LogP contribution is 1.97. The van der Waals surface area contributed by atoms with Crippen molar-refractivity contribution in [2.24, 2.45) is 0 Å². The lowest BCUT2D eigenvalue weighted by molar-refractivity contribution is -0.753. The highest BCUT2D eigenvalue weighted by atomic mass is 16.5. The molecule has 0 fully saturated rings. The van der Waals surface area contributed by atoms with Gasteiger partial charge in [0.15, 0.2) is 12.7 Å². The lowest BCUT2D eigenvalue weighted by Gasteiger charge is -2.08. The van der Waals surface area contributed by atoms with E-state index in [2.05, 4.69) is 9.84 Å². The zero-order valence-corrected chi connectivity index (χ0v) is 10.2. The van der Waals surface area contributed by atoms with Crippen LogP contribution in [0, 0.1) is 0 Å². The van der Waals surface area contributed by atoms with E-state index in [1.54, 1.807) is 31.0 Å². The number of hydrogen-bond donors (Lipinski definition) is 0. The Kier molecular flexibility index (Phi) is 4.56. The summed E-state index contributed by atoms with van der Waals surface area (Å²) in [6.07, 6.45) is 3.41. The molecule has 0 saturated carbocycles. The fourth-order valence-corrected chi connectivity index (χ4v) is 1.21. The molecular weight excluding hydrogens is 222 g/mol. The molecule has 1 amide bonds. The van der Waals surface area contributed by atoms with Crippen LogP contribution in [-0.4, -0.2) is 43.1 Å². The van der Waals surface area contributed by atoms with Gasteiger partial charge in [0.05, 0.1) is 12.7 Å². The van der Waals surface area contributed by atoms with Crippen molar-refractivity contribution < 1.29 is 19.0 Å². The van der Waals surface area contributed by atoms with Crippen LogP contribution in [0.25, 0.3) is 0 Å². The number of carbonyl (C=O) groups is 2. The van der Waals surface area contributed by atoms with E-state index in [9.17, 15) is 9.59 Å². The largest absolute Gasteiger partial charge is 0.469 e. The van der Waals surface area contributed by atoms with Crippen LogP contribution in [0.5, 0.6) is 0 Å². The van der Waals surface area contributed by atoms with E-state index in [1.807, 2.05) is 0 Å². The first kappa shape index (κ1) is 13.1.